The van der Waals surface area contributed by atoms with Crippen molar-refractivity contribution in [1.82, 2.24) is 19.8 Å². The van der Waals surface area contributed by atoms with Crippen molar-refractivity contribution < 1.29 is 9.21 Å². The Hall–Kier alpha value is -2.73. The van der Waals surface area contributed by atoms with Gasteiger partial charge in [-0.1, -0.05) is 0 Å². The fourth-order valence-electron chi connectivity index (χ4n) is 2.40. The second kappa shape index (κ2) is 7.23. The highest BCUT2D eigenvalue weighted by atomic mass is 16.3. The minimum absolute atomic E-state index is 0.124. The maximum absolute atomic E-state index is 12.9. The van der Waals surface area contributed by atoms with Gasteiger partial charge in [0, 0.05) is 24.7 Å². The molecule has 0 aliphatic rings. The van der Waals surface area contributed by atoms with Crippen molar-refractivity contribution in [2.75, 3.05) is 27.2 Å². The molecule has 0 saturated heterocycles. The zero-order valence-electron chi connectivity index (χ0n) is 13.8. The molecule has 24 heavy (non-hydrogen) atoms. The van der Waals surface area contributed by atoms with E-state index in [1.165, 1.54) is 0 Å². The van der Waals surface area contributed by atoms with Gasteiger partial charge in [0.15, 0.2) is 5.65 Å². The Balaban J connectivity index is 1.84. The molecule has 124 valence electrons. The molecule has 0 aromatic carbocycles. The van der Waals surface area contributed by atoms with Crippen LogP contribution in [-0.2, 0) is 6.54 Å². The van der Waals surface area contributed by atoms with Crippen molar-refractivity contribution in [2.45, 2.75) is 6.54 Å². The fraction of sp³-hybridized carbons (Fsp3) is 0.278. The first-order valence-corrected chi connectivity index (χ1v) is 7.81. The first-order chi connectivity index (χ1) is 11.6. The SMILES string of the molecule is CN(C)CCN(Cc1ccco1)C(=O)c1ccc2cccnc2n1. The summed E-state index contributed by atoms with van der Waals surface area (Å²) in [5, 5.41) is 0.917. The van der Waals surface area contributed by atoms with E-state index in [0.717, 1.165) is 17.7 Å². The molecule has 6 nitrogen and oxygen atoms in total. The highest BCUT2D eigenvalue weighted by Gasteiger charge is 2.19. The average molecular weight is 324 g/mol. The Morgan fingerprint density at radius 3 is 2.75 bits per heavy atom. The maximum Gasteiger partial charge on any atom is 0.272 e. The first kappa shape index (κ1) is 16.1. The van der Waals surface area contributed by atoms with Gasteiger partial charge in [-0.3, -0.25) is 4.79 Å². The number of amides is 1. The van der Waals surface area contributed by atoms with Crippen molar-refractivity contribution >= 4 is 16.9 Å². The van der Waals surface area contributed by atoms with Crippen LogP contribution in [0.2, 0.25) is 0 Å². The number of aromatic nitrogens is 2. The van der Waals surface area contributed by atoms with Crippen LogP contribution < -0.4 is 0 Å². The van der Waals surface area contributed by atoms with E-state index >= 15 is 0 Å². The molecule has 3 rings (SSSR count). The van der Waals surface area contributed by atoms with Gasteiger partial charge in [0.2, 0.25) is 0 Å². The summed E-state index contributed by atoms with van der Waals surface area (Å²) in [7, 11) is 3.96. The van der Waals surface area contributed by atoms with Gasteiger partial charge in [-0.05, 0) is 50.5 Å². The van der Waals surface area contributed by atoms with Gasteiger partial charge >= 0.3 is 0 Å². The van der Waals surface area contributed by atoms with E-state index in [-0.39, 0.29) is 5.91 Å². The molecule has 3 aromatic rings. The monoisotopic (exact) mass is 324 g/mol. The van der Waals surface area contributed by atoms with Gasteiger partial charge < -0.3 is 14.2 Å². The summed E-state index contributed by atoms with van der Waals surface area (Å²) in [6.07, 6.45) is 3.29. The van der Waals surface area contributed by atoms with E-state index in [1.54, 1.807) is 23.4 Å². The van der Waals surface area contributed by atoms with E-state index in [1.807, 2.05) is 49.3 Å². The Morgan fingerprint density at radius 1 is 1.12 bits per heavy atom. The lowest BCUT2D eigenvalue weighted by molar-refractivity contribution is 0.0714. The Labute approximate surface area is 140 Å². The van der Waals surface area contributed by atoms with Gasteiger partial charge in [-0.25, -0.2) is 9.97 Å². The molecule has 0 radical (unpaired) electrons. The lowest BCUT2D eigenvalue weighted by Gasteiger charge is -2.23. The summed E-state index contributed by atoms with van der Waals surface area (Å²) in [5.41, 5.74) is 0.973. The number of hydrogen-bond acceptors (Lipinski definition) is 5. The highest BCUT2D eigenvalue weighted by molar-refractivity contribution is 5.94. The van der Waals surface area contributed by atoms with E-state index in [0.29, 0.717) is 24.4 Å². The molecule has 0 unspecified atom stereocenters. The van der Waals surface area contributed by atoms with Crippen molar-refractivity contribution in [2.24, 2.45) is 0 Å². The highest BCUT2D eigenvalue weighted by Crippen LogP contribution is 2.13. The summed E-state index contributed by atoms with van der Waals surface area (Å²) in [6, 6.07) is 11.1. The van der Waals surface area contributed by atoms with Crippen LogP contribution in [0.4, 0.5) is 0 Å². The van der Waals surface area contributed by atoms with E-state index in [4.69, 9.17) is 4.42 Å². The fourth-order valence-corrected chi connectivity index (χ4v) is 2.40. The molecule has 0 atom stereocenters. The zero-order chi connectivity index (χ0) is 16.9. The summed E-state index contributed by atoms with van der Waals surface area (Å²) < 4.78 is 5.39. The number of pyridine rings is 2. The number of likely N-dealkylation sites (N-methyl/N-ethyl adjacent to an activating group) is 1. The van der Waals surface area contributed by atoms with Crippen molar-refractivity contribution in [3.63, 3.8) is 0 Å². The minimum atomic E-state index is -0.124. The third kappa shape index (κ3) is 3.78. The molecule has 0 spiro atoms. The largest absolute Gasteiger partial charge is 0.467 e. The van der Waals surface area contributed by atoms with E-state index < -0.39 is 0 Å². The quantitative estimate of drug-likeness (QED) is 0.697. The molecule has 0 bridgehead atoms. The Bertz CT molecular complexity index is 815. The topological polar surface area (TPSA) is 62.5 Å². The maximum atomic E-state index is 12.9. The summed E-state index contributed by atoms with van der Waals surface area (Å²) in [6.45, 7) is 1.77. The number of carbonyl (C=O) groups excluding carboxylic acids is 1. The number of carbonyl (C=O) groups is 1. The normalized spacial score (nSPS) is 11.1. The Kier molecular flexibility index (Phi) is 4.86. The van der Waals surface area contributed by atoms with Crippen molar-refractivity contribution in [3.8, 4) is 0 Å². The van der Waals surface area contributed by atoms with E-state index in [9.17, 15) is 4.79 Å². The second-order valence-corrected chi connectivity index (χ2v) is 5.86. The summed E-state index contributed by atoms with van der Waals surface area (Å²) in [4.78, 5) is 25.3. The van der Waals surface area contributed by atoms with Crippen LogP contribution in [0, 0.1) is 0 Å². The number of fused-ring (bicyclic) bond motifs is 1. The average Bonchev–Trinajstić information content (AvgIpc) is 3.10. The molecule has 3 aromatic heterocycles. The van der Waals surface area contributed by atoms with Crippen LogP contribution >= 0.6 is 0 Å². The minimum Gasteiger partial charge on any atom is -0.467 e. The van der Waals surface area contributed by atoms with Crippen LogP contribution in [0.1, 0.15) is 16.2 Å². The Morgan fingerprint density at radius 2 is 2.00 bits per heavy atom. The van der Waals surface area contributed by atoms with Gasteiger partial charge in [-0.15, -0.1) is 0 Å². The third-order valence-corrected chi connectivity index (χ3v) is 3.71. The summed E-state index contributed by atoms with van der Waals surface area (Å²) >= 11 is 0. The molecule has 1 amide bonds. The summed E-state index contributed by atoms with van der Waals surface area (Å²) in [5.74, 6) is 0.627. The molecular formula is C18H20N4O2. The van der Waals surface area contributed by atoms with Gasteiger partial charge in [0.1, 0.15) is 11.5 Å². The molecule has 0 aliphatic heterocycles. The molecule has 0 N–H and O–H groups in total. The van der Waals surface area contributed by atoms with Crippen LogP contribution in [0.5, 0.6) is 0 Å². The second-order valence-electron chi connectivity index (χ2n) is 5.86. The molecular weight excluding hydrogens is 304 g/mol. The van der Waals surface area contributed by atoms with Crippen LogP contribution in [0.25, 0.3) is 11.0 Å². The molecule has 6 heteroatoms. The number of rotatable bonds is 6. The predicted molar refractivity (Wildman–Crippen MR) is 91.5 cm³/mol. The van der Waals surface area contributed by atoms with Crippen LogP contribution in [-0.4, -0.2) is 52.9 Å². The predicted octanol–water partition coefficient (Wildman–Crippen LogP) is 2.43. The number of nitrogens with zero attached hydrogens (tertiary/aromatic N) is 4. The third-order valence-electron chi connectivity index (χ3n) is 3.71. The lowest BCUT2D eigenvalue weighted by Crippen LogP contribution is -2.36. The lowest BCUT2D eigenvalue weighted by atomic mass is 10.2. The van der Waals surface area contributed by atoms with Crippen LogP contribution in [0.3, 0.4) is 0 Å². The van der Waals surface area contributed by atoms with Crippen molar-refractivity contribution in [1.29, 1.82) is 0 Å². The van der Waals surface area contributed by atoms with Gasteiger partial charge in [0.25, 0.3) is 5.91 Å². The number of furan rings is 1. The number of hydrogen-bond donors (Lipinski definition) is 0. The molecule has 0 aliphatic carbocycles. The van der Waals surface area contributed by atoms with Gasteiger partial charge in [-0.2, -0.15) is 0 Å². The molecule has 0 fully saturated rings. The standard InChI is InChI=1S/C18H20N4O2/c1-21(2)10-11-22(13-15-6-4-12-24-15)18(23)16-8-7-14-5-3-9-19-17(14)20-16/h3-9,12H,10-11,13H2,1-2H3. The van der Waals surface area contributed by atoms with Crippen molar-refractivity contribution in [3.05, 3.63) is 60.3 Å². The van der Waals surface area contributed by atoms with Gasteiger partial charge in [0.05, 0.1) is 12.8 Å². The van der Waals surface area contributed by atoms with Crippen LogP contribution in [0.15, 0.2) is 53.3 Å². The molecule has 0 saturated carbocycles. The molecule has 3 heterocycles. The zero-order valence-corrected chi connectivity index (χ0v) is 13.8. The smallest absolute Gasteiger partial charge is 0.272 e. The van der Waals surface area contributed by atoms with E-state index in [2.05, 4.69) is 9.97 Å². The first-order valence-electron chi connectivity index (χ1n) is 7.81.